The standard InChI is InChI=1S/C14H18FN3O/c1-4-17-14(12-8-16-9-18(12)2)10-5-6-13(19-3)11(15)7-10/h5-9,14,17H,4H2,1-3H3. The lowest BCUT2D eigenvalue weighted by Gasteiger charge is -2.19. The number of hydrogen-bond donors (Lipinski definition) is 1. The molecule has 102 valence electrons. The molecule has 1 atom stereocenters. The van der Waals surface area contributed by atoms with Gasteiger partial charge in [0.15, 0.2) is 11.6 Å². The number of imidazole rings is 1. The van der Waals surface area contributed by atoms with Gasteiger partial charge in [-0.2, -0.15) is 0 Å². The van der Waals surface area contributed by atoms with Gasteiger partial charge in [0.1, 0.15) is 0 Å². The van der Waals surface area contributed by atoms with Crippen molar-refractivity contribution >= 4 is 0 Å². The van der Waals surface area contributed by atoms with Crippen molar-refractivity contribution < 1.29 is 9.13 Å². The van der Waals surface area contributed by atoms with E-state index in [1.807, 2.05) is 24.6 Å². The molecule has 0 aliphatic rings. The second-order valence-electron chi connectivity index (χ2n) is 4.31. The molecule has 4 nitrogen and oxygen atoms in total. The maximum atomic E-state index is 13.8. The molecule has 5 heteroatoms. The van der Waals surface area contributed by atoms with Crippen LogP contribution in [0.2, 0.25) is 0 Å². The van der Waals surface area contributed by atoms with Crippen LogP contribution in [0.15, 0.2) is 30.7 Å². The van der Waals surface area contributed by atoms with Crippen molar-refractivity contribution in [2.45, 2.75) is 13.0 Å². The Morgan fingerprint density at radius 3 is 2.79 bits per heavy atom. The van der Waals surface area contributed by atoms with Crippen LogP contribution in [0.1, 0.15) is 24.2 Å². The van der Waals surface area contributed by atoms with E-state index in [1.54, 1.807) is 18.6 Å². The first kappa shape index (κ1) is 13.5. The van der Waals surface area contributed by atoms with Gasteiger partial charge in [-0.05, 0) is 24.2 Å². The van der Waals surface area contributed by atoms with Crippen molar-refractivity contribution in [1.82, 2.24) is 14.9 Å². The third-order valence-electron chi connectivity index (χ3n) is 3.07. The van der Waals surface area contributed by atoms with Gasteiger partial charge >= 0.3 is 0 Å². The summed E-state index contributed by atoms with van der Waals surface area (Å²) in [6.45, 7) is 2.80. The molecule has 0 bridgehead atoms. The number of halogens is 1. The average Bonchev–Trinajstić information content (AvgIpc) is 2.82. The first-order valence-corrected chi connectivity index (χ1v) is 6.20. The van der Waals surface area contributed by atoms with Crippen LogP contribution in [0, 0.1) is 5.82 Å². The minimum atomic E-state index is -0.356. The van der Waals surface area contributed by atoms with Crippen LogP contribution in [-0.4, -0.2) is 23.2 Å². The van der Waals surface area contributed by atoms with Crippen LogP contribution in [0.5, 0.6) is 5.75 Å². The fourth-order valence-electron chi connectivity index (χ4n) is 2.11. The van der Waals surface area contributed by atoms with Crippen molar-refractivity contribution in [3.8, 4) is 5.75 Å². The molecule has 0 amide bonds. The Morgan fingerprint density at radius 1 is 1.47 bits per heavy atom. The fraction of sp³-hybridized carbons (Fsp3) is 0.357. The number of ether oxygens (including phenoxy) is 1. The molecule has 0 radical (unpaired) electrons. The first-order valence-electron chi connectivity index (χ1n) is 6.20. The number of nitrogens with zero attached hydrogens (tertiary/aromatic N) is 2. The van der Waals surface area contributed by atoms with Gasteiger partial charge in [-0.3, -0.25) is 0 Å². The SMILES string of the molecule is CCNC(c1ccc(OC)c(F)c1)c1cncn1C. The van der Waals surface area contributed by atoms with Gasteiger partial charge in [0.05, 0.1) is 31.4 Å². The van der Waals surface area contributed by atoms with Gasteiger partial charge in [0.2, 0.25) is 0 Å². The van der Waals surface area contributed by atoms with E-state index >= 15 is 0 Å². The zero-order chi connectivity index (χ0) is 13.8. The van der Waals surface area contributed by atoms with Gasteiger partial charge in [-0.1, -0.05) is 13.0 Å². The highest BCUT2D eigenvalue weighted by atomic mass is 19.1. The number of nitrogens with one attached hydrogen (secondary N) is 1. The summed E-state index contributed by atoms with van der Waals surface area (Å²) in [5.41, 5.74) is 1.84. The number of rotatable bonds is 5. The van der Waals surface area contributed by atoms with Crippen molar-refractivity contribution in [3.05, 3.63) is 47.8 Å². The molecule has 1 aromatic heterocycles. The Hall–Kier alpha value is -1.88. The van der Waals surface area contributed by atoms with E-state index in [2.05, 4.69) is 10.3 Å². The van der Waals surface area contributed by atoms with Crippen LogP contribution in [0.25, 0.3) is 0 Å². The Balaban J connectivity index is 2.39. The fourth-order valence-corrected chi connectivity index (χ4v) is 2.11. The predicted molar refractivity (Wildman–Crippen MR) is 71.7 cm³/mol. The van der Waals surface area contributed by atoms with Crippen molar-refractivity contribution in [2.75, 3.05) is 13.7 Å². The van der Waals surface area contributed by atoms with E-state index in [9.17, 15) is 4.39 Å². The van der Waals surface area contributed by atoms with Gasteiger partial charge in [-0.15, -0.1) is 0 Å². The average molecular weight is 263 g/mol. The summed E-state index contributed by atoms with van der Waals surface area (Å²) in [5.74, 6) is -0.103. The van der Waals surface area contributed by atoms with E-state index in [0.29, 0.717) is 0 Å². The lowest BCUT2D eigenvalue weighted by Crippen LogP contribution is -2.24. The van der Waals surface area contributed by atoms with Crippen LogP contribution in [-0.2, 0) is 7.05 Å². The Morgan fingerprint density at radius 2 is 2.26 bits per heavy atom. The molecule has 1 N–H and O–H groups in total. The number of benzene rings is 1. The van der Waals surface area contributed by atoms with Crippen LogP contribution in [0.4, 0.5) is 4.39 Å². The van der Waals surface area contributed by atoms with E-state index in [-0.39, 0.29) is 17.6 Å². The topological polar surface area (TPSA) is 39.1 Å². The highest BCUT2D eigenvalue weighted by Crippen LogP contribution is 2.26. The summed E-state index contributed by atoms with van der Waals surface area (Å²) < 4.78 is 20.7. The second kappa shape index (κ2) is 5.84. The van der Waals surface area contributed by atoms with Gasteiger partial charge in [0.25, 0.3) is 0 Å². The molecule has 0 saturated carbocycles. The summed E-state index contributed by atoms with van der Waals surface area (Å²) in [4.78, 5) is 4.11. The number of methoxy groups -OCH3 is 1. The quantitative estimate of drug-likeness (QED) is 0.899. The van der Waals surface area contributed by atoms with Gasteiger partial charge in [0, 0.05) is 7.05 Å². The summed E-state index contributed by atoms with van der Waals surface area (Å²) >= 11 is 0. The third kappa shape index (κ3) is 2.76. The largest absolute Gasteiger partial charge is 0.494 e. The Kier molecular flexibility index (Phi) is 4.16. The number of hydrogen-bond acceptors (Lipinski definition) is 3. The molecular formula is C14H18FN3O. The molecule has 2 rings (SSSR count). The molecule has 0 fully saturated rings. The maximum absolute atomic E-state index is 13.8. The van der Waals surface area contributed by atoms with Crippen LogP contribution >= 0.6 is 0 Å². The zero-order valence-corrected chi connectivity index (χ0v) is 11.4. The molecule has 2 aromatic rings. The minimum absolute atomic E-state index is 0.0853. The Bertz CT molecular complexity index is 553. The highest BCUT2D eigenvalue weighted by Gasteiger charge is 2.17. The molecule has 19 heavy (non-hydrogen) atoms. The van der Waals surface area contributed by atoms with E-state index in [1.165, 1.54) is 13.2 Å². The smallest absolute Gasteiger partial charge is 0.165 e. The molecule has 0 spiro atoms. The molecular weight excluding hydrogens is 245 g/mol. The molecule has 1 aromatic carbocycles. The molecule has 0 aliphatic carbocycles. The lowest BCUT2D eigenvalue weighted by atomic mass is 10.0. The summed E-state index contributed by atoms with van der Waals surface area (Å²) in [5, 5.41) is 3.34. The van der Waals surface area contributed by atoms with E-state index in [0.717, 1.165) is 17.8 Å². The molecule has 1 heterocycles. The lowest BCUT2D eigenvalue weighted by molar-refractivity contribution is 0.385. The molecule has 0 aliphatic heterocycles. The predicted octanol–water partition coefficient (Wildman–Crippen LogP) is 2.27. The maximum Gasteiger partial charge on any atom is 0.165 e. The zero-order valence-electron chi connectivity index (χ0n) is 11.4. The van der Waals surface area contributed by atoms with Gasteiger partial charge < -0.3 is 14.6 Å². The summed E-state index contributed by atoms with van der Waals surface area (Å²) in [7, 11) is 3.38. The van der Waals surface area contributed by atoms with Crippen molar-refractivity contribution in [1.29, 1.82) is 0 Å². The van der Waals surface area contributed by atoms with E-state index in [4.69, 9.17) is 4.74 Å². The molecule has 1 unspecified atom stereocenters. The normalized spacial score (nSPS) is 12.4. The number of aryl methyl sites for hydroxylation is 1. The molecule has 0 saturated heterocycles. The highest BCUT2D eigenvalue weighted by molar-refractivity contribution is 5.34. The van der Waals surface area contributed by atoms with E-state index < -0.39 is 0 Å². The Labute approximate surface area is 112 Å². The van der Waals surface area contributed by atoms with Crippen molar-refractivity contribution in [2.24, 2.45) is 7.05 Å². The monoisotopic (exact) mass is 263 g/mol. The van der Waals surface area contributed by atoms with Crippen LogP contribution in [0.3, 0.4) is 0 Å². The number of aromatic nitrogens is 2. The first-order chi connectivity index (χ1) is 9.17. The summed E-state index contributed by atoms with van der Waals surface area (Å²) in [6.07, 6.45) is 3.52. The third-order valence-corrected chi connectivity index (χ3v) is 3.07. The van der Waals surface area contributed by atoms with Gasteiger partial charge in [-0.25, -0.2) is 9.37 Å². The van der Waals surface area contributed by atoms with Crippen LogP contribution < -0.4 is 10.1 Å². The summed E-state index contributed by atoms with van der Waals surface area (Å²) in [6, 6.07) is 4.92. The minimum Gasteiger partial charge on any atom is -0.494 e. The van der Waals surface area contributed by atoms with Crippen molar-refractivity contribution in [3.63, 3.8) is 0 Å². The second-order valence-corrected chi connectivity index (χ2v) is 4.31.